The van der Waals surface area contributed by atoms with E-state index in [0.29, 0.717) is 0 Å². The minimum Gasteiger partial charge on any atom is -0.394 e. The molecule has 3 aromatic rings. The predicted octanol–water partition coefficient (Wildman–Crippen LogP) is 4.68. The Bertz CT molecular complexity index is 865. The number of hydrogen-bond donors (Lipinski definition) is 0. The van der Waals surface area contributed by atoms with Gasteiger partial charge in [-0.3, -0.25) is 14.5 Å². The summed E-state index contributed by atoms with van der Waals surface area (Å²) in [6, 6.07) is 23.6. The lowest BCUT2D eigenvalue weighted by Crippen LogP contribution is -2.35. The standard InChI is InChI=1S/C21H15NO9/c23-19(26-16-10-4-1-5-11-16)29-22(30-20(24)27-17-12-6-2-7-13-17)31-21(25)28-18-14-8-3-9-15-18/h1-15H. The molecule has 0 aromatic heterocycles. The maximum absolute atomic E-state index is 12.0. The van der Waals surface area contributed by atoms with Gasteiger partial charge in [-0.15, -0.1) is 0 Å². The molecule has 0 aliphatic heterocycles. The van der Waals surface area contributed by atoms with Gasteiger partial charge in [0, 0.05) is 0 Å². The van der Waals surface area contributed by atoms with E-state index in [-0.39, 0.29) is 22.6 Å². The molecule has 0 radical (unpaired) electrons. The Hall–Kier alpha value is -4.57. The Labute approximate surface area is 175 Å². The fraction of sp³-hybridized carbons (Fsp3) is 0. The van der Waals surface area contributed by atoms with E-state index in [1.807, 2.05) is 0 Å². The number of carbonyl (C=O) groups excluding carboxylic acids is 3. The molecule has 0 aliphatic carbocycles. The van der Waals surface area contributed by atoms with E-state index in [4.69, 9.17) is 14.2 Å². The molecule has 0 spiro atoms. The molecule has 0 atom stereocenters. The SMILES string of the molecule is O=C(Oc1ccccc1)ON(OC(=O)Oc1ccccc1)OC(=O)Oc1ccccc1. The van der Waals surface area contributed by atoms with Crippen molar-refractivity contribution < 1.29 is 43.1 Å². The van der Waals surface area contributed by atoms with Crippen LogP contribution in [0.25, 0.3) is 0 Å². The summed E-state index contributed by atoms with van der Waals surface area (Å²) >= 11 is 0. The van der Waals surface area contributed by atoms with Crippen molar-refractivity contribution in [1.82, 2.24) is 5.39 Å². The first-order valence-corrected chi connectivity index (χ1v) is 8.73. The van der Waals surface area contributed by atoms with Crippen LogP contribution in [0.15, 0.2) is 91.0 Å². The van der Waals surface area contributed by atoms with Crippen molar-refractivity contribution in [3.63, 3.8) is 0 Å². The highest BCUT2D eigenvalue weighted by Crippen LogP contribution is 2.14. The number of para-hydroxylation sites is 3. The predicted molar refractivity (Wildman–Crippen MR) is 102 cm³/mol. The number of hydrogen-bond acceptors (Lipinski definition) is 10. The van der Waals surface area contributed by atoms with Gasteiger partial charge in [-0.1, -0.05) is 54.6 Å². The summed E-state index contributed by atoms with van der Waals surface area (Å²) in [7, 11) is 0. The van der Waals surface area contributed by atoms with Gasteiger partial charge < -0.3 is 14.2 Å². The van der Waals surface area contributed by atoms with Gasteiger partial charge in [-0.25, -0.2) is 14.4 Å². The van der Waals surface area contributed by atoms with Gasteiger partial charge in [0.25, 0.3) is 5.39 Å². The molecular formula is C21H15NO9. The average molecular weight is 425 g/mol. The van der Waals surface area contributed by atoms with Crippen molar-refractivity contribution in [1.29, 1.82) is 0 Å². The summed E-state index contributed by atoms with van der Waals surface area (Å²) < 4.78 is 14.6. The van der Waals surface area contributed by atoms with Gasteiger partial charge in [0.1, 0.15) is 17.2 Å². The van der Waals surface area contributed by atoms with Crippen LogP contribution in [0.1, 0.15) is 0 Å². The van der Waals surface area contributed by atoms with Gasteiger partial charge in [0.05, 0.1) is 0 Å². The zero-order valence-corrected chi connectivity index (χ0v) is 15.8. The lowest BCUT2D eigenvalue weighted by molar-refractivity contribution is -0.459. The molecule has 0 unspecified atom stereocenters. The highest BCUT2D eigenvalue weighted by molar-refractivity contribution is 5.66. The van der Waals surface area contributed by atoms with Gasteiger partial charge in [-0.2, -0.15) is 0 Å². The molecule has 0 heterocycles. The monoisotopic (exact) mass is 425 g/mol. The van der Waals surface area contributed by atoms with E-state index >= 15 is 0 Å². The minimum absolute atomic E-state index is 0.131. The molecule has 0 saturated heterocycles. The Morgan fingerprint density at radius 2 is 0.710 bits per heavy atom. The van der Waals surface area contributed by atoms with E-state index < -0.39 is 18.5 Å². The van der Waals surface area contributed by atoms with E-state index in [0.717, 1.165) is 0 Å². The molecule has 10 nitrogen and oxygen atoms in total. The maximum atomic E-state index is 12.0. The van der Waals surface area contributed by atoms with Crippen LogP contribution in [0.5, 0.6) is 17.2 Å². The number of benzene rings is 3. The van der Waals surface area contributed by atoms with Crippen LogP contribution in [0, 0.1) is 0 Å². The van der Waals surface area contributed by atoms with E-state index in [9.17, 15) is 14.4 Å². The van der Waals surface area contributed by atoms with Crippen molar-refractivity contribution in [3.05, 3.63) is 91.0 Å². The molecule has 0 amide bonds. The van der Waals surface area contributed by atoms with Crippen molar-refractivity contribution in [2.45, 2.75) is 0 Å². The van der Waals surface area contributed by atoms with Crippen LogP contribution in [0.4, 0.5) is 14.4 Å². The van der Waals surface area contributed by atoms with Crippen molar-refractivity contribution in [2.75, 3.05) is 0 Å². The third-order valence-corrected chi connectivity index (χ3v) is 3.28. The average Bonchev–Trinajstić information content (AvgIpc) is 2.75. The molecule has 31 heavy (non-hydrogen) atoms. The Morgan fingerprint density at radius 3 is 0.968 bits per heavy atom. The quantitative estimate of drug-likeness (QED) is 0.314. The van der Waals surface area contributed by atoms with Gasteiger partial charge in [0.15, 0.2) is 0 Å². The second kappa shape index (κ2) is 10.8. The molecule has 0 saturated carbocycles. The highest BCUT2D eigenvalue weighted by atomic mass is 17.2. The zero-order valence-electron chi connectivity index (χ0n) is 15.8. The first-order valence-electron chi connectivity index (χ1n) is 8.73. The first-order chi connectivity index (χ1) is 15.1. The number of nitrogens with zero attached hydrogens (tertiary/aromatic N) is 1. The second-order valence-electron chi connectivity index (χ2n) is 5.49. The Morgan fingerprint density at radius 1 is 0.452 bits per heavy atom. The first kappa shape index (κ1) is 21.1. The maximum Gasteiger partial charge on any atom is 0.538 e. The molecule has 0 fully saturated rings. The van der Waals surface area contributed by atoms with Crippen molar-refractivity contribution >= 4 is 18.5 Å². The second-order valence-corrected chi connectivity index (χ2v) is 5.49. The van der Waals surface area contributed by atoms with Crippen LogP contribution in [-0.4, -0.2) is 23.9 Å². The van der Waals surface area contributed by atoms with Crippen LogP contribution in [0.3, 0.4) is 0 Å². The van der Waals surface area contributed by atoms with Crippen LogP contribution in [-0.2, 0) is 14.5 Å². The number of ether oxygens (including phenoxy) is 3. The van der Waals surface area contributed by atoms with E-state index in [2.05, 4.69) is 14.5 Å². The summed E-state index contributed by atoms with van der Waals surface area (Å²) in [5.74, 6) is 0.392. The van der Waals surface area contributed by atoms with Gasteiger partial charge in [0.2, 0.25) is 0 Å². The van der Waals surface area contributed by atoms with Crippen LogP contribution < -0.4 is 14.2 Å². The lowest BCUT2D eigenvalue weighted by Gasteiger charge is -2.16. The topological polar surface area (TPSA) is 110 Å². The number of rotatable bonds is 6. The molecular weight excluding hydrogens is 410 g/mol. The summed E-state index contributed by atoms with van der Waals surface area (Å²) in [4.78, 5) is 49.6. The summed E-state index contributed by atoms with van der Waals surface area (Å²) in [6.45, 7) is 0. The molecule has 10 heteroatoms. The zero-order chi connectivity index (χ0) is 21.9. The minimum atomic E-state index is -1.37. The fourth-order valence-electron chi connectivity index (χ4n) is 2.05. The largest absolute Gasteiger partial charge is 0.538 e. The summed E-state index contributed by atoms with van der Waals surface area (Å²) in [5.41, 5.74) is 0. The van der Waals surface area contributed by atoms with Crippen molar-refractivity contribution in [3.8, 4) is 17.2 Å². The van der Waals surface area contributed by atoms with Crippen LogP contribution in [0.2, 0.25) is 0 Å². The summed E-state index contributed by atoms with van der Waals surface area (Å²) in [5, 5.41) is -0.193. The molecule has 0 bridgehead atoms. The Balaban J connectivity index is 1.62. The molecule has 158 valence electrons. The molecule has 3 rings (SSSR count). The summed E-state index contributed by atoms with van der Waals surface area (Å²) in [6.07, 6.45) is -4.11. The molecule has 3 aromatic carbocycles. The third kappa shape index (κ3) is 7.40. The number of carbonyl (C=O) groups is 3. The third-order valence-electron chi connectivity index (χ3n) is 3.28. The fourth-order valence-corrected chi connectivity index (χ4v) is 2.05. The lowest BCUT2D eigenvalue weighted by atomic mass is 10.3. The van der Waals surface area contributed by atoms with Gasteiger partial charge in [-0.05, 0) is 36.4 Å². The smallest absolute Gasteiger partial charge is 0.394 e. The highest BCUT2D eigenvalue weighted by Gasteiger charge is 2.26. The van der Waals surface area contributed by atoms with Crippen molar-refractivity contribution in [2.24, 2.45) is 0 Å². The van der Waals surface area contributed by atoms with E-state index in [1.165, 1.54) is 36.4 Å². The Kier molecular flexibility index (Phi) is 7.39. The molecule has 0 aliphatic rings. The van der Waals surface area contributed by atoms with E-state index in [1.54, 1.807) is 54.6 Å². The van der Waals surface area contributed by atoms with Gasteiger partial charge >= 0.3 is 18.5 Å². The normalized spacial score (nSPS) is 9.97. The van der Waals surface area contributed by atoms with Crippen LogP contribution >= 0.6 is 0 Å². The molecule has 0 N–H and O–H groups in total.